The molecule has 0 atom stereocenters. The quantitative estimate of drug-likeness (QED) is 0.635. The van der Waals surface area contributed by atoms with Crippen LogP contribution in [-0.2, 0) is 0 Å². The molecule has 0 saturated carbocycles. The summed E-state index contributed by atoms with van der Waals surface area (Å²) in [5.74, 6) is 0.845. The Morgan fingerprint density at radius 3 is 2.76 bits per heavy atom. The van der Waals surface area contributed by atoms with E-state index < -0.39 is 0 Å². The maximum Gasteiger partial charge on any atom is 0.141 e. The van der Waals surface area contributed by atoms with Crippen molar-refractivity contribution in [1.82, 2.24) is 10.1 Å². The van der Waals surface area contributed by atoms with Crippen LogP contribution in [0.5, 0.6) is 0 Å². The van der Waals surface area contributed by atoms with E-state index in [2.05, 4.69) is 34.4 Å². The summed E-state index contributed by atoms with van der Waals surface area (Å²) in [4.78, 5) is 4.36. The fraction of sp³-hybridized carbons (Fsp3) is 0.143. The number of hydrogen-bond donors (Lipinski definition) is 0. The molecule has 3 rings (SSSR count). The molecule has 0 amide bonds. The molecule has 1 aromatic carbocycles. The number of benzene rings is 1. The first-order chi connectivity index (χ1) is 8.25. The first-order valence-electron chi connectivity index (χ1n) is 5.54. The Morgan fingerprint density at radius 1 is 1.12 bits per heavy atom. The fourth-order valence-electron chi connectivity index (χ4n) is 2.12. The SMILES string of the molecule is Cc1noc(C)c1-c1ccc2cccnc2c1. The van der Waals surface area contributed by atoms with E-state index in [1.165, 1.54) is 0 Å². The van der Waals surface area contributed by atoms with E-state index in [1.807, 2.05) is 19.9 Å². The normalized spacial score (nSPS) is 10.9. The molecular formula is C14H12N2O. The van der Waals surface area contributed by atoms with Gasteiger partial charge in [-0.3, -0.25) is 4.98 Å². The zero-order valence-corrected chi connectivity index (χ0v) is 9.77. The summed E-state index contributed by atoms with van der Waals surface area (Å²) in [6, 6.07) is 10.2. The second kappa shape index (κ2) is 3.70. The van der Waals surface area contributed by atoms with Crippen molar-refractivity contribution >= 4 is 10.9 Å². The first kappa shape index (κ1) is 10.0. The molecule has 0 fully saturated rings. The number of rotatable bonds is 1. The minimum atomic E-state index is 0.845. The second-order valence-corrected chi connectivity index (χ2v) is 4.11. The Kier molecular flexibility index (Phi) is 2.18. The van der Waals surface area contributed by atoms with Crippen molar-refractivity contribution in [3.05, 3.63) is 48.0 Å². The third-order valence-electron chi connectivity index (χ3n) is 2.93. The molecule has 0 spiro atoms. The molecule has 84 valence electrons. The van der Waals surface area contributed by atoms with Crippen molar-refractivity contribution in [2.75, 3.05) is 0 Å². The Bertz CT molecular complexity index is 666. The van der Waals surface area contributed by atoms with Crippen LogP contribution in [0.4, 0.5) is 0 Å². The van der Waals surface area contributed by atoms with E-state index >= 15 is 0 Å². The summed E-state index contributed by atoms with van der Waals surface area (Å²) >= 11 is 0. The number of nitrogens with zero attached hydrogens (tertiary/aromatic N) is 2. The van der Waals surface area contributed by atoms with Gasteiger partial charge in [-0.1, -0.05) is 23.4 Å². The molecule has 17 heavy (non-hydrogen) atoms. The van der Waals surface area contributed by atoms with Crippen LogP contribution in [0, 0.1) is 13.8 Å². The van der Waals surface area contributed by atoms with E-state index in [4.69, 9.17) is 4.52 Å². The lowest BCUT2D eigenvalue weighted by Gasteiger charge is -2.02. The Labute approximate surface area is 99.1 Å². The van der Waals surface area contributed by atoms with Crippen LogP contribution in [0.3, 0.4) is 0 Å². The molecule has 2 heterocycles. The van der Waals surface area contributed by atoms with Gasteiger partial charge in [-0.2, -0.15) is 0 Å². The van der Waals surface area contributed by atoms with Crippen molar-refractivity contribution in [3.63, 3.8) is 0 Å². The average molecular weight is 224 g/mol. The van der Waals surface area contributed by atoms with E-state index in [1.54, 1.807) is 6.20 Å². The Morgan fingerprint density at radius 2 is 2.00 bits per heavy atom. The predicted molar refractivity (Wildman–Crippen MR) is 66.7 cm³/mol. The molecule has 0 aliphatic rings. The molecular weight excluding hydrogens is 212 g/mol. The molecule has 3 aromatic rings. The van der Waals surface area contributed by atoms with E-state index in [9.17, 15) is 0 Å². The second-order valence-electron chi connectivity index (χ2n) is 4.11. The number of fused-ring (bicyclic) bond motifs is 1. The summed E-state index contributed by atoms with van der Waals surface area (Å²) in [7, 11) is 0. The van der Waals surface area contributed by atoms with Crippen molar-refractivity contribution in [2.45, 2.75) is 13.8 Å². The van der Waals surface area contributed by atoms with Crippen molar-refractivity contribution in [2.24, 2.45) is 0 Å². The van der Waals surface area contributed by atoms with Crippen molar-refractivity contribution < 1.29 is 4.52 Å². The zero-order chi connectivity index (χ0) is 11.8. The molecule has 0 N–H and O–H groups in total. The van der Waals surface area contributed by atoms with Gasteiger partial charge in [0.1, 0.15) is 5.76 Å². The van der Waals surface area contributed by atoms with Gasteiger partial charge in [0, 0.05) is 17.1 Å². The predicted octanol–water partition coefficient (Wildman–Crippen LogP) is 3.51. The smallest absolute Gasteiger partial charge is 0.141 e. The van der Waals surface area contributed by atoms with E-state index in [0.29, 0.717) is 0 Å². The largest absolute Gasteiger partial charge is 0.361 e. The van der Waals surface area contributed by atoms with Crippen LogP contribution in [-0.4, -0.2) is 10.1 Å². The topological polar surface area (TPSA) is 38.9 Å². The highest BCUT2D eigenvalue weighted by molar-refractivity contribution is 5.84. The highest BCUT2D eigenvalue weighted by atomic mass is 16.5. The minimum absolute atomic E-state index is 0.845. The molecule has 2 aromatic heterocycles. The summed E-state index contributed by atoms with van der Waals surface area (Å²) in [6.07, 6.45) is 1.81. The van der Waals surface area contributed by atoms with Gasteiger partial charge in [0.05, 0.1) is 11.2 Å². The number of aryl methyl sites for hydroxylation is 2. The molecule has 0 aliphatic carbocycles. The van der Waals surface area contributed by atoms with Gasteiger partial charge in [-0.05, 0) is 31.5 Å². The van der Waals surface area contributed by atoms with Crippen LogP contribution in [0.2, 0.25) is 0 Å². The highest BCUT2D eigenvalue weighted by Gasteiger charge is 2.11. The summed E-state index contributed by atoms with van der Waals surface area (Å²) in [5, 5.41) is 5.12. The molecule has 0 unspecified atom stereocenters. The third kappa shape index (κ3) is 1.60. The van der Waals surface area contributed by atoms with Crippen LogP contribution in [0.15, 0.2) is 41.1 Å². The minimum Gasteiger partial charge on any atom is -0.361 e. The zero-order valence-electron chi connectivity index (χ0n) is 9.77. The highest BCUT2D eigenvalue weighted by Crippen LogP contribution is 2.28. The van der Waals surface area contributed by atoms with Gasteiger partial charge >= 0.3 is 0 Å². The lowest BCUT2D eigenvalue weighted by atomic mass is 10.0. The van der Waals surface area contributed by atoms with Gasteiger partial charge in [0.15, 0.2) is 0 Å². The molecule has 0 aliphatic heterocycles. The van der Waals surface area contributed by atoms with Crippen LogP contribution < -0.4 is 0 Å². The molecule has 3 nitrogen and oxygen atoms in total. The third-order valence-corrected chi connectivity index (χ3v) is 2.93. The summed E-state index contributed by atoms with van der Waals surface area (Å²) in [5.41, 5.74) is 4.08. The molecule has 0 radical (unpaired) electrons. The lowest BCUT2D eigenvalue weighted by molar-refractivity contribution is 0.393. The number of aromatic nitrogens is 2. The average Bonchev–Trinajstić information content (AvgIpc) is 2.68. The van der Waals surface area contributed by atoms with Gasteiger partial charge in [-0.15, -0.1) is 0 Å². The van der Waals surface area contributed by atoms with Crippen molar-refractivity contribution in [1.29, 1.82) is 0 Å². The van der Waals surface area contributed by atoms with Crippen LogP contribution in [0.1, 0.15) is 11.5 Å². The summed E-state index contributed by atoms with van der Waals surface area (Å²) in [6.45, 7) is 3.88. The fourth-order valence-corrected chi connectivity index (χ4v) is 2.12. The first-order valence-corrected chi connectivity index (χ1v) is 5.54. The van der Waals surface area contributed by atoms with E-state index in [0.717, 1.165) is 33.5 Å². The number of hydrogen-bond acceptors (Lipinski definition) is 3. The lowest BCUT2D eigenvalue weighted by Crippen LogP contribution is -1.84. The Hall–Kier alpha value is -2.16. The Balaban J connectivity index is 2.25. The van der Waals surface area contributed by atoms with Gasteiger partial charge in [0.25, 0.3) is 0 Å². The maximum absolute atomic E-state index is 5.19. The van der Waals surface area contributed by atoms with E-state index in [-0.39, 0.29) is 0 Å². The monoisotopic (exact) mass is 224 g/mol. The van der Waals surface area contributed by atoms with Gasteiger partial charge in [-0.25, -0.2) is 0 Å². The van der Waals surface area contributed by atoms with Crippen LogP contribution in [0.25, 0.3) is 22.0 Å². The van der Waals surface area contributed by atoms with Crippen molar-refractivity contribution in [3.8, 4) is 11.1 Å². The number of pyridine rings is 1. The van der Waals surface area contributed by atoms with Gasteiger partial charge < -0.3 is 4.52 Å². The molecule has 0 saturated heterocycles. The standard InChI is InChI=1S/C14H12N2O/c1-9-14(10(2)17-16-9)12-6-5-11-4-3-7-15-13(11)8-12/h3-8H,1-2H3. The van der Waals surface area contributed by atoms with Gasteiger partial charge in [0.2, 0.25) is 0 Å². The molecule has 0 bridgehead atoms. The summed E-state index contributed by atoms with van der Waals surface area (Å²) < 4.78 is 5.19. The molecule has 3 heteroatoms. The maximum atomic E-state index is 5.19. The van der Waals surface area contributed by atoms with Crippen LogP contribution >= 0.6 is 0 Å².